The average molecular weight is 492 g/mol. The number of carbonyl (C=O) groups is 2. The summed E-state index contributed by atoms with van der Waals surface area (Å²) in [5.41, 5.74) is 6.15. The van der Waals surface area contributed by atoms with Gasteiger partial charge in [0.2, 0.25) is 17.8 Å². The molecule has 194 valence electrons. The van der Waals surface area contributed by atoms with Crippen LogP contribution in [0, 0.1) is 0 Å². The molecule has 0 saturated heterocycles. The second-order valence-electron chi connectivity index (χ2n) is 8.28. The Morgan fingerprint density at radius 1 is 0.943 bits per heavy atom. The van der Waals surface area contributed by atoms with E-state index in [1.165, 1.54) is 12.7 Å². The smallest absolute Gasteiger partial charge is 0.326 e. The fourth-order valence-corrected chi connectivity index (χ4v) is 3.39. The third-order valence-corrected chi connectivity index (χ3v) is 5.33. The van der Waals surface area contributed by atoms with Crippen LogP contribution in [-0.4, -0.2) is 72.2 Å². The van der Waals surface area contributed by atoms with Crippen LogP contribution in [0.15, 0.2) is 12.5 Å². The third kappa shape index (κ3) is 10.5. The third-order valence-electron chi connectivity index (χ3n) is 5.33. The van der Waals surface area contributed by atoms with Gasteiger partial charge < -0.3 is 36.9 Å². The van der Waals surface area contributed by atoms with Crippen LogP contribution in [0.1, 0.15) is 64.0 Å². The highest BCUT2D eigenvalue weighted by molar-refractivity contribution is 5.77. The van der Waals surface area contributed by atoms with E-state index >= 15 is 0 Å². The Bertz CT molecular complexity index is 895. The summed E-state index contributed by atoms with van der Waals surface area (Å²) in [5, 5.41) is 28.1. The molecule has 8 N–H and O–H groups in total. The average Bonchev–Trinajstić information content (AvgIpc) is 3.33. The van der Waals surface area contributed by atoms with Gasteiger partial charge in [-0.2, -0.15) is 15.0 Å². The number of aliphatic carboxylic acids is 2. The summed E-state index contributed by atoms with van der Waals surface area (Å²) in [4.78, 5) is 43.2. The predicted octanol–water partition coefficient (Wildman–Crippen LogP) is 2.08. The van der Waals surface area contributed by atoms with E-state index in [9.17, 15) is 19.8 Å². The summed E-state index contributed by atoms with van der Waals surface area (Å²) in [6, 6.07) is -1.95. The molecule has 0 spiro atoms. The first-order valence-corrected chi connectivity index (χ1v) is 12.1. The molecule has 0 aliphatic carbocycles. The van der Waals surface area contributed by atoms with E-state index in [-0.39, 0.29) is 24.3 Å². The van der Waals surface area contributed by atoms with Gasteiger partial charge in [0.05, 0.1) is 6.33 Å². The Labute approximate surface area is 204 Å². The minimum atomic E-state index is -1.09. The maximum atomic E-state index is 11.8. The Hall–Kier alpha value is -3.48. The summed E-state index contributed by atoms with van der Waals surface area (Å²) in [6.45, 7) is 3.26. The SMILES string of the molecule is CCCCCCCNc1nc(NC(CCCCN)C(=O)O)nc(NC(Cc2cnc[nH]2)C(=O)O)n1. The lowest BCUT2D eigenvalue weighted by atomic mass is 10.1. The molecule has 0 bridgehead atoms. The van der Waals surface area contributed by atoms with Crippen LogP contribution < -0.4 is 21.7 Å². The van der Waals surface area contributed by atoms with Crippen molar-refractivity contribution < 1.29 is 19.8 Å². The standard InChI is InChI=1S/C22H37N9O4/c1-2-3-4-5-8-11-25-20-29-21(27-16(18(32)33)9-6-7-10-23)31-22(30-20)28-17(19(34)35)12-15-13-24-14-26-15/h13-14,16-17H,2-12,23H2,1H3,(H,24,26)(H,32,33)(H,34,35)(H3,25,27,28,29,30,31). The van der Waals surface area contributed by atoms with E-state index in [0.29, 0.717) is 38.0 Å². The number of nitrogens with two attached hydrogens (primary N) is 1. The van der Waals surface area contributed by atoms with Crippen LogP contribution in [0.2, 0.25) is 0 Å². The van der Waals surface area contributed by atoms with Gasteiger partial charge in [-0.3, -0.25) is 0 Å². The highest BCUT2D eigenvalue weighted by Gasteiger charge is 2.22. The number of nitrogens with zero attached hydrogens (tertiary/aromatic N) is 4. The van der Waals surface area contributed by atoms with Crippen LogP contribution in [0.4, 0.5) is 17.8 Å². The Morgan fingerprint density at radius 2 is 1.60 bits per heavy atom. The van der Waals surface area contributed by atoms with E-state index in [0.717, 1.165) is 25.7 Å². The molecule has 0 fully saturated rings. The van der Waals surface area contributed by atoms with Crippen LogP contribution >= 0.6 is 0 Å². The van der Waals surface area contributed by atoms with E-state index in [2.05, 4.69) is 47.8 Å². The number of hydrogen-bond donors (Lipinski definition) is 7. The van der Waals surface area contributed by atoms with E-state index in [4.69, 9.17) is 5.73 Å². The van der Waals surface area contributed by atoms with Gasteiger partial charge in [-0.05, 0) is 32.2 Å². The Morgan fingerprint density at radius 3 is 2.20 bits per heavy atom. The Kier molecular flexibility index (Phi) is 12.2. The normalized spacial score (nSPS) is 12.6. The number of rotatable bonds is 19. The number of carboxylic acid groups (broad SMARTS) is 2. The van der Waals surface area contributed by atoms with Crippen molar-refractivity contribution in [2.24, 2.45) is 5.73 Å². The molecule has 2 unspecified atom stereocenters. The molecule has 2 aromatic rings. The summed E-state index contributed by atoms with van der Waals surface area (Å²) in [7, 11) is 0. The maximum Gasteiger partial charge on any atom is 0.326 e. The molecule has 35 heavy (non-hydrogen) atoms. The molecule has 0 radical (unpaired) electrons. The van der Waals surface area contributed by atoms with E-state index < -0.39 is 24.0 Å². The van der Waals surface area contributed by atoms with Crippen LogP contribution in [0.25, 0.3) is 0 Å². The van der Waals surface area contributed by atoms with Gasteiger partial charge in [0.15, 0.2) is 0 Å². The fourth-order valence-electron chi connectivity index (χ4n) is 3.39. The number of unbranched alkanes of at least 4 members (excludes halogenated alkanes) is 5. The van der Waals surface area contributed by atoms with E-state index in [1.54, 1.807) is 6.20 Å². The number of hydrogen-bond acceptors (Lipinski definition) is 10. The van der Waals surface area contributed by atoms with Crippen LogP contribution in [-0.2, 0) is 16.0 Å². The van der Waals surface area contributed by atoms with Gasteiger partial charge in [-0.25, -0.2) is 14.6 Å². The monoisotopic (exact) mass is 491 g/mol. The Balaban J connectivity index is 2.17. The molecule has 2 atom stereocenters. The fraction of sp³-hybridized carbons (Fsp3) is 0.636. The number of nitrogens with one attached hydrogen (secondary N) is 4. The zero-order valence-corrected chi connectivity index (χ0v) is 20.2. The molecule has 13 nitrogen and oxygen atoms in total. The van der Waals surface area contributed by atoms with Gasteiger partial charge in [0.25, 0.3) is 0 Å². The minimum absolute atomic E-state index is 0.0222. The maximum absolute atomic E-state index is 11.8. The van der Waals surface area contributed by atoms with E-state index in [1.807, 2.05) is 0 Å². The quantitative estimate of drug-likeness (QED) is 0.141. The predicted molar refractivity (Wildman–Crippen MR) is 132 cm³/mol. The minimum Gasteiger partial charge on any atom is -0.480 e. The molecule has 13 heteroatoms. The second-order valence-corrected chi connectivity index (χ2v) is 8.28. The van der Waals surface area contributed by atoms with Crippen molar-refractivity contribution in [3.8, 4) is 0 Å². The van der Waals surface area contributed by atoms with Crippen molar-refractivity contribution in [1.29, 1.82) is 0 Å². The first kappa shape index (κ1) is 27.8. The van der Waals surface area contributed by atoms with Crippen molar-refractivity contribution in [3.05, 3.63) is 18.2 Å². The molecule has 0 amide bonds. The van der Waals surface area contributed by atoms with Gasteiger partial charge in [0.1, 0.15) is 12.1 Å². The zero-order chi connectivity index (χ0) is 25.5. The lowest BCUT2D eigenvalue weighted by Gasteiger charge is -2.18. The molecule has 0 aliphatic rings. The van der Waals surface area contributed by atoms with Crippen LogP contribution in [0.3, 0.4) is 0 Å². The summed E-state index contributed by atoms with van der Waals surface area (Å²) >= 11 is 0. The van der Waals surface area contributed by atoms with Crippen LogP contribution in [0.5, 0.6) is 0 Å². The molecule has 2 rings (SSSR count). The number of anilines is 3. The van der Waals surface area contributed by atoms with Gasteiger partial charge in [0, 0.05) is 24.9 Å². The molecule has 0 aliphatic heterocycles. The number of imidazole rings is 1. The molecule has 0 saturated carbocycles. The van der Waals surface area contributed by atoms with Gasteiger partial charge in [-0.15, -0.1) is 0 Å². The van der Waals surface area contributed by atoms with Crippen molar-refractivity contribution >= 4 is 29.8 Å². The highest BCUT2D eigenvalue weighted by atomic mass is 16.4. The lowest BCUT2D eigenvalue weighted by Crippen LogP contribution is -2.33. The van der Waals surface area contributed by atoms with Gasteiger partial charge in [-0.1, -0.05) is 32.6 Å². The second kappa shape index (κ2) is 15.4. The molecule has 2 aromatic heterocycles. The molecular formula is C22H37N9O4. The first-order chi connectivity index (χ1) is 16.9. The van der Waals surface area contributed by atoms with Crippen molar-refractivity contribution in [3.63, 3.8) is 0 Å². The summed E-state index contributed by atoms with van der Waals surface area (Å²) < 4.78 is 0. The first-order valence-electron chi connectivity index (χ1n) is 12.1. The van der Waals surface area contributed by atoms with Crippen molar-refractivity contribution in [2.45, 2.75) is 76.8 Å². The van der Waals surface area contributed by atoms with Crippen molar-refractivity contribution in [1.82, 2.24) is 24.9 Å². The molecule has 0 aromatic carbocycles. The van der Waals surface area contributed by atoms with Gasteiger partial charge >= 0.3 is 11.9 Å². The molecular weight excluding hydrogens is 454 g/mol. The number of aromatic amines is 1. The highest BCUT2D eigenvalue weighted by Crippen LogP contribution is 2.15. The number of carboxylic acids is 2. The summed E-state index contributed by atoms with van der Waals surface area (Å²) in [6.07, 6.45) is 10.3. The topological polar surface area (TPSA) is 204 Å². The number of aromatic nitrogens is 5. The molecule has 2 heterocycles. The summed E-state index contributed by atoms with van der Waals surface area (Å²) in [5.74, 6) is -1.83. The largest absolute Gasteiger partial charge is 0.480 e. The zero-order valence-electron chi connectivity index (χ0n) is 20.2. The lowest BCUT2D eigenvalue weighted by molar-refractivity contribution is -0.139. The number of H-pyrrole nitrogens is 1. The van der Waals surface area contributed by atoms with Crippen molar-refractivity contribution in [2.75, 3.05) is 29.0 Å².